The molecule has 0 radical (unpaired) electrons. The van der Waals surface area contributed by atoms with Crippen LogP contribution in [-0.4, -0.2) is 21.1 Å². The summed E-state index contributed by atoms with van der Waals surface area (Å²) in [4.78, 5) is 16.4. The van der Waals surface area contributed by atoms with Gasteiger partial charge in [0, 0.05) is 17.0 Å². The highest BCUT2D eigenvalue weighted by atomic mass is 35.5. The lowest BCUT2D eigenvalue weighted by Gasteiger charge is -2.08. The number of amides is 1. The van der Waals surface area contributed by atoms with Crippen LogP contribution in [0.3, 0.4) is 0 Å². The summed E-state index contributed by atoms with van der Waals surface area (Å²) < 4.78 is 0. The maximum Gasteiger partial charge on any atom is 0.255 e. The molecule has 8 heteroatoms. The summed E-state index contributed by atoms with van der Waals surface area (Å²) in [5.74, 6) is 0.475. The van der Waals surface area contributed by atoms with Crippen LogP contribution in [0.15, 0.2) is 53.9 Å². The monoisotopic (exact) mass is 378 g/mol. The molecule has 24 heavy (non-hydrogen) atoms. The van der Waals surface area contributed by atoms with E-state index in [2.05, 4.69) is 20.5 Å². The number of thioether (sulfide) groups is 1. The third kappa shape index (κ3) is 4.29. The molecule has 2 N–H and O–H groups in total. The van der Waals surface area contributed by atoms with Crippen molar-refractivity contribution in [2.45, 2.75) is 10.9 Å². The number of hydrogen-bond donors (Lipinski definition) is 2. The summed E-state index contributed by atoms with van der Waals surface area (Å²) >= 11 is 13.3. The molecular weight excluding hydrogens is 367 g/mol. The van der Waals surface area contributed by atoms with E-state index in [1.807, 2.05) is 18.2 Å². The van der Waals surface area contributed by atoms with Crippen molar-refractivity contribution in [1.82, 2.24) is 15.2 Å². The number of carbonyl (C=O) groups excluding carboxylic acids is 1. The van der Waals surface area contributed by atoms with Gasteiger partial charge >= 0.3 is 0 Å². The third-order valence-corrected chi connectivity index (χ3v) is 4.82. The van der Waals surface area contributed by atoms with Crippen LogP contribution in [0, 0.1) is 0 Å². The number of aromatic amines is 1. The van der Waals surface area contributed by atoms with Crippen molar-refractivity contribution in [3.05, 3.63) is 70.0 Å². The van der Waals surface area contributed by atoms with Crippen molar-refractivity contribution in [2.75, 3.05) is 5.32 Å². The summed E-state index contributed by atoms with van der Waals surface area (Å²) in [5, 5.41) is 11.0. The molecule has 0 spiro atoms. The molecule has 0 saturated carbocycles. The van der Waals surface area contributed by atoms with Gasteiger partial charge in [-0.1, -0.05) is 47.1 Å². The molecule has 3 aromatic rings. The topological polar surface area (TPSA) is 70.7 Å². The predicted octanol–water partition coefficient (Wildman–Crippen LogP) is 4.66. The van der Waals surface area contributed by atoms with Crippen molar-refractivity contribution in [3.63, 3.8) is 0 Å². The van der Waals surface area contributed by atoms with Crippen molar-refractivity contribution >= 4 is 46.6 Å². The van der Waals surface area contributed by atoms with Gasteiger partial charge in [0.2, 0.25) is 0 Å². The molecule has 1 amide bonds. The summed E-state index contributed by atoms with van der Waals surface area (Å²) in [6, 6.07) is 12.4. The number of hydrogen-bond acceptors (Lipinski definition) is 4. The van der Waals surface area contributed by atoms with E-state index in [0.29, 0.717) is 27.0 Å². The summed E-state index contributed by atoms with van der Waals surface area (Å²) in [7, 11) is 0. The zero-order valence-electron chi connectivity index (χ0n) is 12.3. The van der Waals surface area contributed by atoms with Crippen LogP contribution in [0.25, 0.3) is 0 Å². The van der Waals surface area contributed by atoms with E-state index >= 15 is 0 Å². The average Bonchev–Trinajstić information content (AvgIpc) is 3.10. The molecular formula is C16H12Cl2N4OS. The van der Waals surface area contributed by atoms with Gasteiger partial charge in [-0.25, -0.2) is 4.98 Å². The standard InChI is InChI=1S/C16H12Cl2N4OS/c17-13-5-4-12(7-14(13)18)21-15(23)11-3-1-2-10(6-11)8-24-16-19-9-20-22-16/h1-7,9H,8H2,(H,21,23)(H,19,20,22). The van der Waals surface area contributed by atoms with Crippen molar-refractivity contribution in [1.29, 1.82) is 0 Å². The Hall–Kier alpha value is -2.02. The van der Waals surface area contributed by atoms with Gasteiger partial charge in [0.1, 0.15) is 6.33 Å². The number of nitrogens with zero attached hydrogens (tertiary/aromatic N) is 2. The van der Waals surface area contributed by atoms with Gasteiger partial charge in [-0.05, 0) is 35.9 Å². The number of benzene rings is 2. The fraction of sp³-hybridized carbons (Fsp3) is 0.0625. The number of carbonyl (C=O) groups is 1. The maximum atomic E-state index is 12.4. The molecule has 1 aromatic heterocycles. The first-order valence-electron chi connectivity index (χ1n) is 6.95. The highest BCUT2D eigenvalue weighted by Crippen LogP contribution is 2.25. The number of anilines is 1. The normalized spacial score (nSPS) is 10.6. The number of rotatable bonds is 5. The van der Waals surface area contributed by atoms with E-state index < -0.39 is 0 Å². The molecule has 0 bridgehead atoms. The van der Waals surface area contributed by atoms with E-state index in [4.69, 9.17) is 23.2 Å². The molecule has 2 aromatic carbocycles. The van der Waals surface area contributed by atoms with Gasteiger partial charge in [0.05, 0.1) is 10.0 Å². The van der Waals surface area contributed by atoms with Crippen LogP contribution in [0.1, 0.15) is 15.9 Å². The van der Waals surface area contributed by atoms with Crippen molar-refractivity contribution < 1.29 is 4.79 Å². The van der Waals surface area contributed by atoms with Gasteiger partial charge in [-0.2, -0.15) is 5.10 Å². The predicted molar refractivity (Wildman–Crippen MR) is 96.8 cm³/mol. The molecule has 5 nitrogen and oxygen atoms in total. The van der Waals surface area contributed by atoms with Gasteiger partial charge in [-0.3, -0.25) is 9.89 Å². The molecule has 3 rings (SSSR count). The molecule has 0 fully saturated rings. The van der Waals surface area contributed by atoms with Crippen molar-refractivity contribution in [3.8, 4) is 0 Å². The smallest absolute Gasteiger partial charge is 0.255 e. The van der Waals surface area contributed by atoms with Gasteiger partial charge in [0.15, 0.2) is 5.16 Å². The molecule has 0 unspecified atom stereocenters. The first kappa shape index (κ1) is 16.8. The lowest BCUT2D eigenvalue weighted by molar-refractivity contribution is 0.102. The van der Waals surface area contributed by atoms with Crippen LogP contribution in [-0.2, 0) is 5.75 Å². The third-order valence-electron chi connectivity index (χ3n) is 3.14. The number of aromatic nitrogens is 3. The number of halogens is 2. The SMILES string of the molecule is O=C(Nc1ccc(Cl)c(Cl)c1)c1cccc(CSc2ncn[nH]2)c1. The summed E-state index contributed by atoms with van der Waals surface area (Å²) in [6.07, 6.45) is 1.46. The molecule has 1 heterocycles. The van der Waals surface area contributed by atoms with Gasteiger partial charge < -0.3 is 5.32 Å². The minimum atomic E-state index is -0.208. The molecule has 0 aliphatic carbocycles. The lowest BCUT2D eigenvalue weighted by atomic mass is 10.1. The minimum absolute atomic E-state index is 0.208. The Morgan fingerprint density at radius 3 is 2.79 bits per heavy atom. The zero-order chi connectivity index (χ0) is 16.9. The van der Waals surface area contributed by atoms with Crippen LogP contribution < -0.4 is 5.32 Å². The second-order valence-corrected chi connectivity index (χ2v) is 6.64. The number of nitrogens with one attached hydrogen (secondary N) is 2. The quantitative estimate of drug-likeness (QED) is 0.633. The fourth-order valence-electron chi connectivity index (χ4n) is 1.99. The Bertz CT molecular complexity index is 855. The average molecular weight is 379 g/mol. The lowest BCUT2D eigenvalue weighted by Crippen LogP contribution is -2.12. The number of H-pyrrole nitrogens is 1. The first-order valence-corrected chi connectivity index (χ1v) is 8.69. The highest BCUT2D eigenvalue weighted by Gasteiger charge is 2.09. The van der Waals surface area contributed by atoms with Crippen LogP contribution in [0.4, 0.5) is 5.69 Å². The van der Waals surface area contributed by atoms with E-state index in [-0.39, 0.29) is 5.91 Å². The molecule has 0 saturated heterocycles. The maximum absolute atomic E-state index is 12.4. The zero-order valence-corrected chi connectivity index (χ0v) is 14.6. The Morgan fingerprint density at radius 2 is 2.04 bits per heavy atom. The molecule has 0 aliphatic heterocycles. The summed E-state index contributed by atoms with van der Waals surface area (Å²) in [5.41, 5.74) is 2.17. The van der Waals surface area contributed by atoms with E-state index in [0.717, 1.165) is 10.7 Å². The molecule has 0 aliphatic rings. The van der Waals surface area contributed by atoms with Gasteiger partial charge in [-0.15, -0.1) is 0 Å². The van der Waals surface area contributed by atoms with Crippen LogP contribution in [0.2, 0.25) is 10.0 Å². The van der Waals surface area contributed by atoms with Crippen LogP contribution >= 0.6 is 35.0 Å². The van der Waals surface area contributed by atoms with E-state index in [1.165, 1.54) is 18.1 Å². The highest BCUT2D eigenvalue weighted by molar-refractivity contribution is 7.98. The fourth-order valence-corrected chi connectivity index (χ4v) is 3.01. The second-order valence-electron chi connectivity index (χ2n) is 4.86. The van der Waals surface area contributed by atoms with Crippen molar-refractivity contribution in [2.24, 2.45) is 0 Å². The Kier molecular flexibility index (Phi) is 5.40. The van der Waals surface area contributed by atoms with Gasteiger partial charge in [0.25, 0.3) is 5.91 Å². The second kappa shape index (κ2) is 7.70. The van der Waals surface area contributed by atoms with E-state index in [9.17, 15) is 4.79 Å². The molecule has 0 atom stereocenters. The minimum Gasteiger partial charge on any atom is -0.322 e. The molecule has 122 valence electrons. The largest absolute Gasteiger partial charge is 0.322 e. The first-order chi connectivity index (χ1) is 11.6. The van der Waals surface area contributed by atoms with Crippen LogP contribution in [0.5, 0.6) is 0 Å². The van der Waals surface area contributed by atoms with E-state index in [1.54, 1.807) is 24.3 Å². The Morgan fingerprint density at radius 1 is 1.17 bits per heavy atom. The Balaban J connectivity index is 1.68. The Labute approximate surface area is 152 Å². The summed E-state index contributed by atoms with van der Waals surface area (Å²) in [6.45, 7) is 0.